The second-order valence-electron chi connectivity index (χ2n) is 5.58. The maximum atomic E-state index is 5.82. The Morgan fingerprint density at radius 3 is 2.06 bits per heavy atom. The monoisotopic (exact) mass is 249 g/mol. The van der Waals surface area contributed by atoms with Crippen molar-refractivity contribution >= 4 is 12.4 Å². The number of hydrogen-bond acceptors (Lipinski definition) is 2. The molecule has 0 aromatic rings. The highest BCUT2D eigenvalue weighted by molar-refractivity contribution is 5.85. The van der Waals surface area contributed by atoms with Gasteiger partial charge in [0.05, 0.1) is 5.60 Å². The van der Waals surface area contributed by atoms with E-state index in [1.54, 1.807) is 7.11 Å². The summed E-state index contributed by atoms with van der Waals surface area (Å²) < 4.78 is 5.60. The molecular formula is C13H28ClNO. The lowest BCUT2D eigenvalue weighted by Crippen LogP contribution is -2.45. The Hall–Kier alpha value is 0.210. The summed E-state index contributed by atoms with van der Waals surface area (Å²) in [6, 6.07) is 0. The summed E-state index contributed by atoms with van der Waals surface area (Å²) in [7, 11) is 1.79. The summed E-state index contributed by atoms with van der Waals surface area (Å²) in [5.74, 6) is 2.40. The molecule has 3 heteroatoms. The van der Waals surface area contributed by atoms with Crippen molar-refractivity contribution in [3.05, 3.63) is 0 Å². The van der Waals surface area contributed by atoms with Crippen LogP contribution in [0.4, 0.5) is 0 Å². The van der Waals surface area contributed by atoms with Crippen LogP contribution in [0.15, 0.2) is 0 Å². The van der Waals surface area contributed by atoms with E-state index in [0.717, 1.165) is 11.8 Å². The van der Waals surface area contributed by atoms with Crippen LogP contribution in [0.2, 0.25) is 0 Å². The van der Waals surface area contributed by atoms with Gasteiger partial charge in [0.15, 0.2) is 0 Å². The van der Waals surface area contributed by atoms with Gasteiger partial charge in [0.2, 0.25) is 0 Å². The maximum Gasteiger partial charge on any atom is 0.0800 e. The molecule has 0 aromatic carbocycles. The van der Waals surface area contributed by atoms with Gasteiger partial charge < -0.3 is 10.5 Å². The van der Waals surface area contributed by atoms with E-state index in [9.17, 15) is 0 Å². The van der Waals surface area contributed by atoms with Crippen LogP contribution in [-0.4, -0.2) is 19.3 Å². The molecule has 1 atom stereocenters. The molecule has 16 heavy (non-hydrogen) atoms. The van der Waals surface area contributed by atoms with Crippen molar-refractivity contribution in [3.8, 4) is 0 Å². The molecule has 2 N–H and O–H groups in total. The number of methoxy groups -OCH3 is 1. The van der Waals surface area contributed by atoms with E-state index < -0.39 is 0 Å². The molecular weight excluding hydrogens is 222 g/mol. The summed E-state index contributed by atoms with van der Waals surface area (Å²) in [4.78, 5) is 0. The first-order valence-electron chi connectivity index (χ1n) is 6.28. The van der Waals surface area contributed by atoms with E-state index in [4.69, 9.17) is 10.5 Å². The number of nitrogens with two attached hydrogens (primary N) is 1. The lowest BCUT2D eigenvalue weighted by molar-refractivity contribution is -0.0538. The van der Waals surface area contributed by atoms with Gasteiger partial charge in [0.25, 0.3) is 0 Å². The molecule has 0 aliphatic heterocycles. The van der Waals surface area contributed by atoms with E-state index in [2.05, 4.69) is 20.8 Å². The predicted octanol–water partition coefficient (Wildman–Crippen LogP) is 3.23. The van der Waals surface area contributed by atoms with Crippen LogP contribution in [0.25, 0.3) is 0 Å². The highest BCUT2D eigenvalue weighted by Gasteiger charge is 2.36. The highest BCUT2D eigenvalue weighted by Crippen LogP contribution is 2.39. The average molecular weight is 250 g/mol. The van der Waals surface area contributed by atoms with Gasteiger partial charge in [-0.15, -0.1) is 12.4 Å². The Bertz CT molecular complexity index is 184. The van der Waals surface area contributed by atoms with Crippen molar-refractivity contribution in [2.75, 3.05) is 13.7 Å². The van der Waals surface area contributed by atoms with Crippen LogP contribution < -0.4 is 5.73 Å². The van der Waals surface area contributed by atoms with Crippen LogP contribution in [0.1, 0.15) is 46.5 Å². The Labute approximate surface area is 107 Å². The Morgan fingerprint density at radius 2 is 1.75 bits per heavy atom. The molecule has 1 aliphatic rings. The molecule has 0 aromatic heterocycles. The maximum absolute atomic E-state index is 5.82. The second kappa shape index (κ2) is 6.83. The molecule has 1 saturated carbocycles. The van der Waals surface area contributed by atoms with Crippen LogP contribution >= 0.6 is 12.4 Å². The Morgan fingerprint density at radius 1 is 1.25 bits per heavy atom. The zero-order valence-electron chi connectivity index (χ0n) is 11.2. The van der Waals surface area contributed by atoms with E-state index in [1.807, 2.05) is 0 Å². The van der Waals surface area contributed by atoms with Crippen LogP contribution in [-0.2, 0) is 4.74 Å². The first kappa shape index (κ1) is 16.2. The number of hydrogen-bond donors (Lipinski definition) is 1. The number of halogens is 1. The molecule has 0 amide bonds. The van der Waals surface area contributed by atoms with Gasteiger partial charge >= 0.3 is 0 Å². The van der Waals surface area contributed by atoms with Gasteiger partial charge in [-0.25, -0.2) is 0 Å². The fourth-order valence-electron chi connectivity index (χ4n) is 2.81. The summed E-state index contributed by atoms with van der Waals surface area (Å²) in [6.07, 6.45) is 5.26. The smallest absolute Gasteiger partial charge is 0.0800 e. The third kappa shape index (κ3) is 3.61. The van der Waals surface area contributed by atoms with Crippen molar-refractivity contribution in [2.24, 2.45) is 23.5 Å². The van der Waals surface area contributed by atoms with E-state index in [1.165, 1.54) is 25.7 Å². The number of ether oxygens (including phenoxy) is 1. The van der Waals surface area contributed by atoms with Gasteiger partial charge in [-0.1, -0.05) is 13.8 Å². The molecule has 0 saturated heterocycles. The Kier molecular flexibility index (Phi) is 6.92. The lowest BCUT2D eigenvalue weighted by atomic mass is 9.71. The third-order valence-corrected chi connectivity index (χ3v) is 4.45. The molecule has 2 nitrogen and oxygen atoms in total. The molecule has 0 radical (unpaired) electrons. The quantitative estimate of drug-likeness (QED) is 0.830. The molecule has 1 aliphatic carbocycles. The molecule has 1 unspecified atom stereocenters. The number of rotatable bonds is 4. The van der Waals surface area contributed by atoms with Crippen molar-refractivity contribution in [3.63, 3.8) is 0 Å². The van der Waals surface area contributed by atoms with E-state index in [-0.39, 0.29) is 18.0 Å². The fraction of sp³-hybridized carbons (Fsp3) is 1.00. The zero-order chi connectivity index (χ0) is 11.5. The summed E-state index contributed by atoms with van der Waals surface area (Å²) in [5, 5.41) is 0. The summed E-state index contributed by atoms with van der Waals surface area (Å²) in [6.45, 7) is 7.47. The first-order chi connectivity index (χ1) is 7.03. The summed E-state index contributed by atoms with van der Waals surface area (Å²) >= 11 is 0. The lowest BCUT2D eigenvalue weighted by Gasteiger charge is -2.40. The SMILES string of the molecule is COC(C)(CN)C1CCC(C(C)C)CC1.Cl. The molecule has 0 spiro atoms. The third-order valence-electron chi connectivity index (χ3n) is 4.45. The fourth-order valence-corrected chi connectivity index (χ4v) is 2.81. The van der Waals surface area contributed by atoms with E-state index in [0.29, 0.717) is 12.5 Å². The van der Waals surface area contributed by atoms with Gasteiger partial charge in [-0.05, 0) is 50.4 Å². The van der Waals surface area contributed by atoms with Crippen molar-refractivity contribution in [2.45, 2.75) is 52.1 Å². The minimum absolute atomic E-state index is 0. The predicted molar refractivity (Wildman–Crippen MR) is 72.0 cm³/mol. The van der Waals surface area contributed by atoms with Gasteiger partial charge in [0, 0.05) is 13.7 Å². The standard InChI is InChI=1S/C13H27NO.ClH/c1-10(2)11-5-7-12(8-6-11)13(3,9-14)15-4;/h10-12H,5-9,14H2,1-4H3;1H. The van der Waals surface area contributed by atoms with Crippen molar-refractivity contribution < 1.29 is 4.74 Å². The molecule has 0 heterocycles. The zero-order valence-corrected chi connectivity index (χ0v) is 12.0. The van der Waals surface area contributed by atoms with Gasteiger partial charge in [-0.2, -0.15) is 0 Å². The topological polar surface area (TPSA) is 35.2 Å². The van der Waals surface area contributed by atoms with Crippen LogP contribution in [0, 0.1) is 17.8 Å². The van der Waals surface area contributed by atoms with Crippen LogP contribution in [0.5, 0.6) is 0 Å². The highest BCUT2D eigenvalue weighted by atomic mass is 35.5. The first-order valence-corrected chi connectivity index (χ1v) is 6.28. The van der Waals surface area contributed by atoms with Crippen LogP contribution in [0.3, 0.4) is 0 Å². The Balaban J connectivity index is 0.00000225. The molecule has 1 rings (SSSR count). The van der Waals surface area contributed by atoms with Crippen molar-refractivity contribution in [1.29, 1.82) is 0 Å². The largest absolute Gasteiger partial charge is 0.377 e. The average Bonchev–Trinajstić information content (AvgIpc) is 2.28. The molecule has 98 valence electrons. The minimum Gasteiger partial charge on any atom is -0.377 e. The second-order valence-corrected chi connectivity index (χ2v) is 5.58. The molecule has 1 fully saturated rings. The molecule has 0 bridgehead atoms. The minimum atomic E-state index is -0.0953. The normalized spacial score (nSPS) is 29.6. The van der Waals surface area contributed by atoms with Gasteiger partial charge in [0.1, 0.15) is 0 Å². The van der Waals surface area contributed by atoms with E-state index >= 15 is 0 Å². The summed E-state index contributed by atoms with van der Waals surface area (Å²) in [5.41, 5.74) is 5.72. The van der Waals surface area contributed by atoms with Gasteiger partial charge in [-0.3, -0.25) is 0 Å². The van der Waals surface area contributed by atoms with Crippen molar-refractivity contribution in [1.82, 2.24) is 0 Å².